The van der Waals surface area contributed by atoms with Gasteiger partial charge in [0.15, 0.2) is 0 Å². The fourth-order valence-electron chi connectivity index (χ4n) is 6.74. The molecule has 4 aliphatic rings. The highest BCUT2D eigenvalue weighted by Crippen LogP contribution is 2.70. The molecule has 1 aromatic rings. The zero-order valence-corrected chi connectivity index (χ0v) is 13.6. The van der Waals surface area contributed by atoms with Gasteiger partial charge in [-0.2, -0.15) is 0 Å². The largest absolute Gasteiger partial charge is 0.508 e. The van der Waals surface area contributed by atoms with Crippen LogP contribution in [0.2, 0.25) is 0 Å². The van der Waals surface area contributed by atoms with Crippen molar-refractivity contribution in [2.45, 2.75) is 70.0 Å². The van der Waals surface area contributed by atoms with Gasteiger partial charge in [-0.05, 0) is 86.5 Å². The quantitative estimate of drug-likeness (QED) is 0.720. The number of aromatic hydroxyl groups is 1. The lowest BCUT2D eigenvalue weighted by atomic mass is 9.54. The number of hydrogen-bond acceptors (Lipinski definition) is 2. The number of hydrogen-bond donors (Lipinski definition) is 1. The molecule has 2 nitrogen and oxygen atoms in total. The van der Waals surface area contributed by atoms with Crippen molar-refractivity contribution in [1.29, 1.82) is 0 Å². The van der Waals surface area contributed by atoms with Gasteiger partial charge in [-0.3, -0.25) is 0 Å². The van der Waals surface area contributed by atoms with Gasteiger partial charge in [0.2, 0.25) is 0 Å². The summed E-state index contributed by atoms with van der Waals surface area (Å²) < 4.78 is 6.17. The molecule has 0 radical (unpaired) electrons. The van der Waals surface area contributed by atoms with Crippen LogP contribution in [0, 0.1) is 17.3 Å². The predicted octanol–water partition coefficient (Wildman–Crippen LogP) is 4.41. The Morgan fingerprint density at radius 1 is 1.18 bits per heavy atom. The summed E-state index contributed by atoms with van der Waals surface area (Å²) in [5.74, 6) is 2.80. The first-order chi connectivity index (χ1) is 10.6. The summed E-state index contributed by atoms with van der Waals surface area (Å²) in [5, 5.41) is 9.77. The Bertz CT molecular complexity index is 639. The van der Waals surface area contributed by atoms with E-state index in [1.807, 2.05) is 12.1 Å². The fraction of sp³-hybridized carbons (Fsp3) is 0.700. The lowest BCUT2D eigenvalue weighted by Gasteiger charge is -2.50. The zero-order valence-electron chi connectivity index (χ0n) is 13.6. The van der Waals surface area contributed by atoms with E-state index >= 15 is 0 Å². The van der Waals surface area contributed by atoms with E-state index in [0.29, 0.717) is 23.2 Å². The van der Waals surface area contributed by atoms with Gasteiger partial charge in [0.05, 0.1) is 6.10 Å². The molecule has 2 heteroatoms. The molecule has 1 aromatic carbocycles. The maximum Gasteiger partial charge on any atom is 0.115 e. The van der Waals surface area contributed by atoms with E-state index in [4.69, 9.17) is 4.74 Å². The number of benzene rings is 1. The summed E-state index contributed by atoms with van der Waals surface area (Å²) in [4.78, 5) is 0. The Kier molecular flexibility index (Phi) is 2.49. The average Bonchev–Trinajstić information content (AvgIpc) is 3.07. The molecule has 1 aliphatic heterocycles. The zero-order chi connectivity index (χ0) is 15.1. The van der Waals surface area contributed by atoms with E-state index in [1.54, 1.807) is 0 Å². The van der Waals surface area contributed by atoms with E-state index in [2.05, 4.69) is 19.9 Å². The molecule has 1 spiro atoms. The van der Waals surface area contributed by atoms with Gasteiger partial charge in [-0.1, -0.05) is 13.0 Å². The number of phenols is 1. The molecule has 0 unspecified atom stereocenters. The summed E-state index contributed by atoms with van der Waals surface area (Å²) in [5.41, 5.74) is 3.55. The van der Waals surface area contributed by atoms with Crippen molar-refractivity contribution in [3.8, 4) is 5.75 Å². The third-order valence-electron chi connectivity index (χ3n) is 7.88. The minimum Gasteiger partial charge on any atom is -0.508 e. The van der Waals surface area contributed by atoms with Crippen LogP contribution in [0.5, 0.6) is 5.75 Å². The number of aryl methyl sites for hydroxylation is 1. The van der Waals surface area contributed by atoms with Gasteiger partial charge < -0.3 is 9.84 Å². The molecule has 1 heterocycles. The van der Waals surface area contributed by atoms with Gasteiger partial charge in [-0.25, -0.2) is 0 Å². The van der Waals surface area contributed by atoms with E-state index in [-0.39, 0.29) is 5.60 Å². The van der Waals surface area contributed by atoms with E-state index < -0.39 is 0 Å². The first-order valence-corrected chi connectivity index (χ1v) is 9.05. The Balaban J connectivity index is 1.52. The molecule has 0 amide bonds. The van der Waals surface area contributed by atoms with Crippen LogP contribution in [-0.2, 0) is 11.2 Å². The highest BCUT2D eigenvalue weighted by molar-refractivity contribution is 5.40. The van der Waals surface area contributed by atoms with Crippen LogP contribution < -0.4 is 0 Å². The standard InChI is InChI=1S/C20H26O2/c1-12-20(22-12)10-8-18-17-5-3-13-11-14(21)4-6-15(13)16(17)7-9-19(18,20)2/h4,6,11-12,16-18,21H,3,5,7-10H2,1-2H3/t12-,16-,17-,18+,19+,20+/m1/s1. The first kappa shape index (κ1) is 13.4. The normalized spacial score (nSPS) is 48.6. The van der Waals surface area contributed by atoms with Crippen LogP contribution in [-0.4, -0.2) is 16.8 Å². The Morgan fingerprint density at radius 2 is 2.00 bits per heavy atom. The Morgan fingerprint density at radius 3 is 2.77 bits per heavy atom. The van der Waals surface area contributed by atoms with Crippen molar-refractivity contribution in [3.05, 3.63) is 29.3 Å². The topological polar surface area (TPSA) is 32.8 Å². The second kappa shape index (κ2) is 4.08. The maximum atomic E-state index is 9.77. The van der Waals surface area contributed by atoms with Crippen molar-refractivity contribution < 1.29 is 9.84 Å². The van der Waals surface area contributed by atoms with E-state index in [0.717, 1.165) is 18.3 Å². The molecule has 1 saturated heterocycles. The van der Waals surface area contributed by atoms with Crippen molar-refractivity contribution in [2.75, 3.05) is 0 Å². The number of phenolic OH excluding ortho intramolecular Hbond substituents is 1. The van der Waals surface area contributed by atoms with Crippen LogP contribution >= 0.6 is 0 Å². The number of fused-ring (bicyclic) bond motifs is 6. The van der Waals surface area contributed by atoms with Gasteiger partial charge in [0.25, 0.3) is 0 Å². The molecule has 118 valence electrons. The van der Waals surface area contributed by atoms with Crippen molar-refractivity contribution in [2.24, 2.45) is 17.3 Å². The first-order valence-electron chi connectivity index (χ1n) is 9.05. The molecule has 2 saturated carbocycles. The molecule has 5 rings (SSSR count). The second-order valence-electron chi connectivity index (χ2n) is 8.44. The second-order valence-corrected chi connectivity index (χ2v) is 8.44. The molecular weight excluding hydrogens is 272 g/mol. The summed E-state index contributed by atoms with van der Waals surface area (Å²) in [6.45, 7) is 4.80. The molecule has 3 aliphatic carbocycles. The lowest BCUT2D eigenvalue weighted by molar-refractivity contribution is 0.0120. The Labute approximate surface area is 132 Å². The summed E-state index contributed by atoms with van der Waals surface area (Å²) >= 11 is 0. The van der Waals surface area contributed by atoms with Crippen LogP contribution in [0.4, 0.5) is 0 Å². The summed E-state index contributed by atoms with van der Waals surface area (Å²) in [6, 6.07) is 6.09. The number of rotatable bonds is 0. The minimum atomic E-state index is 0.220. The third kappa shape index (κ3) is 1.45. The molecule has 0 aromatic heterocycles. The molecule has 22 heavy (non-hydrogen) atoms. The maximum absolute atomic E-state index is 9.77. The van der Waals surface area contributed by atoms with Crippen LogP contribution in [0.25, 0.3) is 0 Å². The van der Waals surface area contributed by atoms with Crippen LogP contribution in [0.3, 0.4) is 0 Å². The van der Waals surface area contributed by atoms with Crippen LogP contribution in [0.1, 0.15) is 63.0 Å². The van der Waals surface area contributed by atoms with Crippen LogP contribution in [0.15, 0.2) is 18.2 Å². The number of epoxide rings is 1. The van der Waals surface area contributed by atoms with Crippen molar-refractivity contribution in [1.82, 2.24) is 0 Å². The highest BCUT2D eigenvalue weighted by atomic mass is 16.6. The number of ether oxygens (including phenoxy) is 1. The smallest absolute Gasteiger partial charge is 0.115 e. The fourth-order valence-corrected chi connectivity index (χ4v) is 6.74. The van der Waals surface area contributed by atoms with Gasteiger partial charge in [0.1, 0.15) is 11.4 Å². The van der Waals surface area contributed by atoms with Gasteiger partial charge >= 0.3 is 0 Å². The summed E-state index contributed by atoms with van der Waals surface area (Å²) in [7, 11) is 0. The molecule has 6 atom stereocenters. The van der Waals surface area contributed by atoms with Crippen molar-refractivity contribution >= 4 is 0 Å². The van der Waals surface area contributed by atoms with E-state index in [9.17, 15) is 5.11 Å². The molecule has 0 bridgehead atoms. The third-order valence-corrected chi connectivity index (χ3v) is 7.88. The van der Waals surface area contributed by atoms with Crippen molar-refractivity contribution in [3.63, 3.8) is 0 Å². The predicted molar refractivity (Wildman–Crippen MR) is 86.0 cm³/mol. The molecule has 1 N–H and O–H groups in total. The Hall–Kier alpha value is -1.02. The molecular formula is C20H26O2. The lowest BCUT2D eigenvalue weighted by Crippen LogP contribution is -2.46. The average molecular weight is 298 g/mol. The summed E-state index contributed by atoms with van der Waals surface area (Å²) in [6.07, 6.45) is 8.16. The van der Waals surface area contributed by atoms with Gasteiger partial charge in [-0.15, -0.1) is 0 Å². The van der Waals surface area contributed by atoms with E-state index in [1.165, 1.54) is 43.2 Å². The molecule has 3 fully saturated rings. The minimum absolute atomic E-state index is 0.220. The SMILES string of the molecule is C[C@H]1O[C@@]12CC[C@H]1[C@@H]3CCc4cc(O)ccc4[C@H]3CC[C@@]12C. The monoisotopic (exact) mass is 298 g/mol. The highest BCUT2D eigenvalue weighted by Gasteiger charge is 2.72. The van der Waals surface area contributed by atoms with Gasteiger partial charge in [0, 0.05) is 5.41 Å².